The first-order valence-electron chi connectivity index (χ1n) is 5.01. The number of nitriles is 1. The molecule has 0 aliphatic heterocycles. The zero-order chi connectivity index (χ0) is 13.3. The van der Waals surface area contributed by atoms with E-state index in [1.807, 2.05) is 6.07 Å². The number of benzene rings is 2. The van der Waals surface area contributed by atoms with Gasteiger partial charge >= 0.3 is 111 Å². The molecule has 2 aromatic rings. The molecule has 2 rings (SSSR count). The fraction of sp³-hybridized carbons (Fsp3) is 0. The van der Waals surface area contributed by atoms with Crippen molar-refractivity contribution in [2.45, 2.75) is 0 Å². The normalized spacial score (nSPS) is 10.1. The predicted octanol–water partition coefficient (Wildman–Crippen LogP) is 1.61. The van der Waals surface area contributed by atoms with Crippen LogP contribution in [0.4, 0.5) is 14.5 Å². The van der Waals surface area contributed by atoms with E-state index in [0.29, 0.717) is 15.6 Å². The van der Waals surface area contributed by atoms with Gasteiger partial charge in [-0.25, -0.2) is 0 Å². The number of anilines is 1. The fourth-order valence-corrected chi connectivity index (χ4v) is 2.30. The average Bonchev–Trinajstić information content (AvgIpc) is 2.32. The van der Waals surface area contributed by atoms with E-state index in [1.54, 1.807) is 0 Å². The fourth-order valence-electron chi connectivity index (χ4n) is 1.61. The molecule has 0 aliphatic rings. The first-order valence-corrected chi connectivity index (χ1v) is 5.94. The summed E-state index contributed by atoms with van der Waals surface area (Å²) in [6, 6.07) is 8.71. The van der Waals surface area contributed by atoms with Gasteiger partial charge in [0.15, 0.2) is 0 Å². The SMILES string of the molecule is N#Cc1cc(-c2ccc(F)cc2[SeH])cc(F)c1N. The second-order valence-electron chi connectivity index (χ2n) is 3.69. The monoisotopic (exact) mass is 310 g/mol. The molecule has 2 aromatic carbocycles. The molecular weight excluding hydrogens is 301 g/mol. The molecule has 90 valence electrons. The van der Waals surface area contributed by atoms with E-state index in [1.165, 1.54) is 30.3 Å². The minimum absolute atomic E-state index is 0.0706. The maximum atomic E-state index is 13.6. The second-order valence-corrected chi connectivity index (χ2v) is 4.70. The zero-order valence-electron chi connectivity index (χ0n) is 9.11. The van der Waals surface area contributed by atoms with Crippen LogP contribution in [0, 0.1) is 23.0 Å². The number of hydrogen-bond donors (Lipinski definition) is 1. The van der Waals surface area contributed by atoms with E-state index in [-0.39, 0.29) is 17.1 Å². The van der Waals surface area contributed by atoms with Gasteiger partial charge in [-0.1, -0.05) is 0 Å². The van der Waals surface area contributed by atoms with E-state index in [4.69, 9.17) is 11.0 Å². The molecule has 2 nitrogen and oxygen atoms in total. The standard InChI is InChI=1S/C13H8F2N2Se/c14-9-1-2-10(12(18)5-9)7-3-8(6-16)13(17)11(15)4-7/h1-5,18H,17H2. The van der Waals surface area contributed by atoms with E-state index in [9.17, 15) is 8.78 Å². The van der Waals surface area contributed by atoms with Crippen LogP contribution >= 0.6 is 0 Å². The molecule has 0 saturated carbocycles. The molecule has 0 aliphatic carbocycles. The van der Waals surface area contributed by atoms with Crippen molar-refractivity contribution in [2.24, 2.45) is 0 Å². The Hall–Kier alpha value is -1.89. The Morgan fingerprint density at radius 1 is 1.17 bits per heavy atom. The first kappa shape index (κ1) is 12.6. The van der Waals surface area contributed by atoms with Crippen LogP contribution in [0.25, 0.3) is 11.1 Å². The van der Waals surface area contributed by atoms with Gasteiger partial charge in [-0.3, -0.25) is 0 Å². The zero-order valence-corrected chi connectivity index (χ0v) is 11.0. The molecule has 0 amide bonds. The van der Waals surface area contributed by atoms with Crippen molar-refractivity contribution in [1.82, 2.24) is 0 Å². The van der Waals surface area contributed by atoms with Crippen LogP contribution in [0.2, 0.25) is 0 Å². The van der Waals surface area contributed by atoms with Gasteiger partial charge in [0.05, 0.1) is 0 Å². The van der Waals surface area contributed by atoms with Crippen molar-refractivity contribution in [2.75, 3.05) is 5.73 Å². The number of nitrogens with zero attached hydrogens (tertiary/aromatic N) is 1. The molecule has 0 radical (unpaired) electrons. The summed E-state index contributed by atoms with van der Waals surface area (Å²) in [5.41, 5.74) is 6.48. The summed E-state index contributed by atoms with van der Waals surface area (Å²) >= 11 is 2.21. The second kappa shape index (κ2) is 4.77. The van der Waals surface area contributed by atoms with E-state index in [2.05, 4.69) is 16.0 Å². The number of rotatable bonds is 1. The third kappa shape index (κ3) is 2.21. The van der Waals surface area contributed by atoms with Gasteiger partial charge in [-0.05, 0) is 0 Å². The Balaban J connectivity index is 2.65. The summed E-state index contributed by atoms with van der Waals surface area (Å²) in [5, 5.41) is 8.87. The quantitative estimate of drug-likeness (QED) is 0.643. The molecule has 0 fully saturated rings. The van der Waals surface area contributed by atoms with E-state index in [0.717, 1.165) is 0 Å². The van der Waals surface area contributed by atoms with Crippen molar-refractivity contribution >= 4 is 26.2 Å². The summed E-state index contributed by atoms with van der Waals surface area (Å²) in [6.45, 7) is 0. The molecule has 0 spiro atoms. The van der Waals surface area contributed by atoms with Crippen molar-refractivity contribution < 1.29 is 8.78 Å². The van der Waals surface area contributed by atoms with Gasteiger partial charge in [0, 0.05) is 0 Å². The average molecular weight is 309 g/mol. The number of hydrogen-bond acceptors (Lipinski definition) is 2. The number of halogens is 2. The Kier molecular flexibility index (Phi) is 3.33. The molecule has 5 heteroatoms. The van der Waals surface area contributed by atoms with Crippen LogP contribution < -0.4 is 10.2 Å². The Bertz CT molecular complexity index is 663. The molecule has 0 atom stereocenters. The summed E-state index contributed by atoms with van der Waals surface area (Å²) in [4.78, 5) is 0. The first-order chi connectivity index (χ1) is 8.52. The number of nitrogen functional groups attached to an aromatic ring is 1. The van der Waals surface area contributed by atoms with Crippen LogP contribution in [0.5, 0.6) is 0 Å². The Morgan fingerprint density at radius 3 is 2.50 bits per heavy atom. The summed E-state index contributed by atoms with van der Waals surface area (Å²) in [7, 11) is 0. The van der Waals surface area contributed by atoms with Gasteiger partial charge in [0.25, 0.3) is 0 Å². The number of nitrogens with two attached hydrogens (primary N) is 1. The van der Waals surface area contributed by atoms with E-state index >= 15 is 0 Å². The van der Waals surface area contributed by atoms with Crippen molar-refractivity contribution in [3.8, 4) is 17.2 Å². The molecule has 0 bridgehead atoms. The van der Waals surface area contributed by atoms with Crippen LogP contribution in [-0.2, 0) is 0 Å². The van der Waals surface area contributed by atoms with Crippen LogP contribution in [0.1, 0.15) is 5.56 Å². The minimum atomic E-state index is -0.653. The Labute approximate surface area is 111 Å². The van der Waals surface area contributed by atoms with Crippen LogP contribution in [0.15, 0.2) is 30.3 Å². The van der Waals surface area contributed by atoms with Gasteiger partial charge in [-0.2, -0.15) is 0 Å². The molecule has 0 unspecified atom stereocenters. The third-order valence-corrected chi connectivity index (χ3v) is 3.30. The van der Waals surface area contributed by atoms with Crippen molar-refractivity contribution in [3.05, 3.63) is 47.5 Å². The molecule has 0 saturated heterocycles. The summed E-state index contributed by atoms with van der Waals surface area (Å²) < 4.78 is 27.2. The molecular formula is C13H8F2N2Se. The van der Waals surface area contributed by atoms with Gasteiger partial charge < -0.3 is 0 Å². The summed E-state index contributed by atoms with van der Waals surface area (Å²) in [5.74, 6) is -1.02. The maximum absolute atomic E-state index is 13.6. The van der Waals surface area contributed by atoms with Gasteiger partial charge in [0.2, 0.25) is 0 Å². The van der Waals surface area contributed by atoms with Gasteiger partial charge in [-0.15, -0.1) is 0 Å². The van der Waals surface area contributed by atoms with E-state index < -0.39 is 5.82 Å². The molecule has 2 N–H and O–H groups in total. The van der Waals surface area contributed by atoms with Crippen LogP contribution in [0.3, 0.4) is 0 Å². The molecule has 0 heterocycles. The third-order valence-electron chi connectivity index (χ3n) is 2.52. The molecule has 18 heavy (non-hydrogen) atoms. The molecule has 0 aromatic heterocycles. The predicted molar refractivity (Wildman–Crippen MR) is 67.7 cm³/mol. The van der Waals surface area contributed by atoms with Crippen molar-refractivity contribution in [3.63, 3.8) is 0 Å². The Morgan fingerprint density at radius 2 is 1.89 bits per heavy atom. The topological polar surface area (TPSA) is 49.8 Å². The van der Waals surface area contributed by atoms with Crippen LogP contribution in [-0.4, -0.2) is 16.0 Å². The van der Waals surface area contributed by atoms with Crippen molar-refractivity contribution in [1.29, 1.82) is 5.26 Å². The summed E-state index contributed by atoms with van der Waals surface area (Å²) in [6.07, 6.45) is 0. The van der Waals surface area contributed by atoms with Gasteiger partial charge in [0.1, 0.15) is 0 Å².